The first-order chi connectivity index (χ1) is 8.76. The van der Waals surface area contributed by atoms with Gasteiger partial charge in [0.15, 0.2) is 0 Å². The van der Waals surface area contributed by atoms with Crippen LogP contribution in [0.3, 0.4) is 0 Å². The number of alkyl halides is 3. The summed E-state index contributed by atoms with van der Waals surface area (Å²) in [5, 5.41) is 11.4. The van der Waals surface area contributed by atoms with Crippen molar-refractivity contribution in [1.82, 2.24) is 0 Å². The van der Waals surface area contributed by atoms with Crippen molar-refractivity contribution in [1.29, 1.82) is 0 Å². The molecule has 0 amide bonds. The van der Waals surface area contributed by atoms with Crippen LogP contribution in [0.4, 0.5) is 18.9 Å². The van der Waals surface area contributed by atoms with Gasteiger partial charge in [-0.1, -0.05) is 6.07 Å². The highest BCUT2D eigenvalue weighted by Crippen LogP contribution is 2.25. The molecule has 0 heterocycles. The summed E-state index contributed by atoms with van der Waals surface area (Å²) in [7, 11) is 0. The van der Waals surface area contributed by atoms with Crippen molar-refractivity contribution in [2.24, 2.45) is 0 Å². The lowest BCUT2D eigenvalue weighted by Gasteiger charge is -2.15. The Bertz CT molecular complexity index is 434. The number of carboxylic acids is 1. The second kappa shape index (κ2) is 6.31. The Morgan fingerprint density at radius 2 is 2.16 bits per heavy atom. The summed E-state index contributed by atoms with van der Waals surface area (Å²) < 4.78 is 39.9. The third-order valence-electron chi connectivity index (χ3n) is 2.27. The van der Waals surface area contributed by atoms with Crippen LogP contribution < -0.4 is 10.1 Å². The fraction of sp³-hybridized carbons (Fsp3) is 0.417. The van der Waals surface area contributed by atoms with Crippen LogP contribution in [-0.4, -0.2) is 23.5 Å². The largest absolute Gasteiger partial charge is 0.573 e. The number of hydrogen-bond donors (Lipinski definition) is 2. The molecule has 0 aliphatic rings. The van der Waals surface area contributed by atoms with Crippen LogP contribution in [0.2, 0.25) is 0 Å². The lowest BCUT2D eigenvalue weighted by Crippen LogP contribution is -2.18. The maximum atomic E-state index is 12.0. The van der Waals surface area contributed by atoms with E-state index in [9.17, 15) is 18.0 Å². The predicted molar refractivity (Wildman–Crippen MR) is 63.1 cm³/mol. The van der Waals surface area contributed by atoms with Crippen LogP contribution in [0.1, 0.15) is 19.8 Å². The van der Waals surface area contributed by atoms with E-state index in [0.717, 1.165) is 0 Å². The number of carbonyl (C=O) groups is 1. The Morgan fingerprint density at radius 1 is 1.47 bits per heavy atom. The molecule has 0 aliphatic carbocycles. The first-order valence-corrected chi connectivity index (χ1v) is 5.60. The van der Waals surface area contributed by atoms with Gasteiger partial charge >= 0.3 is 12.3 Å². The Hall–Kier alpha value is -1.92. The lowest BCUT2D eigenvalue weighted by atomic mass is 10.1. The maximum Gasteiger partial charge on any atom is 0.573 e. The Labute approximate surface area is 108 Å². The van der Waals surface area contributed by atoms with E-state index >= 15 is 0 Å². The van der Waals surface area contributed by atoms with Crippen LogP contribution in [0.15, 0.2) is 24.3 Å². The average molecular weight is 277 g/mol. The van der Waals surface area contributed by atoms with Gasteiger partial charge in [-0.25, -0.2) is 0 Å². The van der Waals surface area contributed by atoms with Gasteiger partial charge in [0, 0.05) is 24.2 Å². The second-order valence-corrected chi connectivity index (χ2v) is 4.05. The van der Waals surface area contributed by atoms with E-state index in [0.29, 0.717) is 12.1 Å². The van der Waals surface area contributed by atoms with Crippen LogP contribution in [0.5, 0.6) is 5.75 Å². The molecule has 4 nitrogen and oxygen atoms in total. The van der Waals surface area contributed by atoms with Crippen LogP contribution in [0, 0.1) is 0 Å². The molecule has 0 fully saturated rings. The van der Waals surface area contributed by atoms with E-state index < -0.39 is 12.3 Å². The molecule has 2 N–H and O–H groups in total. The van der Waals surface area contributed by atoms with Crippen molar-refractivity contribution in [3.8, 4) is 5.75 Å². The average Bonchev–Trinajstić information content (AvgIpc) is 2.24. The quantitative estimate of drug-likeness (QED) is 0.838. The van der Waals surface area contributed by atoms with Crippen molar-refractivity contribution in [2.75, 3.05) is 5.32 Å². The highest BCUT2D eigenvalue weighted by Gasteiger charge is 2.31. The van der Waals surface area contributed by atoms with Gasteiger partial charge in [-0.2, -0.15) is 0 Å². The van der Waals surface area contributed by atoms with Crippen molar-refractivity contribution >= 4 is 11.7 Å². The summed E-state index contributed by atoms with van der Waals surface area (Å²) in [5.41, 5.74) is 0.444. The van der Waals surface area contributed by atoms with Gasteiger partial charge in [0.1, 0.15) is 5.75 Å². The molecule has 1 aromatic rings. The number of hydrogen-bond acceptors (Lipinski definition) is 3. The molecule has 106 valence electrons. The summed E-state index contributed by atoms with van der Waals surface area (Å²) in [6.45, 7) is 1.75. The zero-order valence-electron chi connectivity index (χ0n) is 10.2. The molecule has 0 spiro atoms. The van der Waals surface area contributed by atoms with Crippen LogP contribution in [-0.2, 0) is 4.79 Å². The van der Waals surface area contributed by atoms with Crippen molar-refractivity contribution in [3.63, 3.8) is 0 Å². The van der Waals surface area contributed by atoms with Crippen molar-refractivity contribution < 1.29 is 27.8 Å². The third-order valence-corrected chi connectivity index (χ3v) is 2.27. The van der Waals surface area contributed by atoms with Gasteiger partial charge in [0.05, 0.1) is 0 Å². The number of anilines is 1. The highest BCUT2D eigenvalue weighted by atomic mass is 19.4. The van der Waals surface area contributed by atoms with Gasteiger partial charge in [-0.3, -0.25) is 4.79 Å². The SMILES string of the molecule is CC(CCC(=O)O)Nc1cccc(OC(F)(F)F)c1. The number of rotatable bonds is 6. The molecule has 1 unspecified atom stereocenters. The topological polar surface area (TPSA) is 58.6 Å². The molecule has 1 aromatic carbocycles. The van der Waals surface area contributed by atoms with Gasteiger partial charge < -0.3 is 15.2 Å². The first-order valence-electron chi connectivity index (χ1n) is 5.60. The predicted octanol–water partition coefficient (Wildman–Crippen LogP) is 3.25. The Balaban J connectivity index is 2.59. The Morgan fingerprint density at radius 3 is 2.74 bits per heavy atom. The third kappa shape index (κ3) is 6.54. The smallest absolute Gasteiger partial charge is 0.481 e. The fourth-order valence-corrected chi connectivity index (χ4v) is 1.48. The highest BCUT2D eigenvalue weighted by molar-refractivity contribution is 5.66. The summed E-state index contributed by atoms with van der Waals surface area (Å²) in [4.78, 5) is 10.4. The molecule has 0 saturated heterocycles. The number of halogens is 3. The summed E-state index contributed by atoms with van der Waals surface area (Å²) in [6.07, 6.45) is -4.36. The standard InChI is InChI=1S/C12H14F3NO3/c1-8(5-6-11(17)18)16-9-3-2-4-10(7-9)19-12(13,14)15/h2-4,7-8,16H,5-6H2,1H3,(H,17,18). The second-order valence-electron chi connectivity index (χ2n) is 4.05. The molecule has 0 aliphatic heterocycles. The summed E-state index contributed by atoms with van der Waals surface area (Å²) in [5.74, 6) is -1.23. The number of benzene rings is 1. The molecule has 0 bridgehead atoms. The van der Waals surface area contributed by atoms with Crippen LogP contribution in [0.25, 0.3) is 0 Å². The lowest BCUT2D eigenvalue weighted by molar-refractivity contribution is -0.274. The maximum absolute atomic E-state index is 12.0. The minimum Gasteiger partial charge on any atom is -0.481 e. The van der Waals surface area contributed by atoms with Gasteiger partial charge in [-0.05, 0) is 25.5 Å². The minimum atomic E-state index is -4.73. The zero-order valence-corrected chi connectivity index (χ0v) is 10.2. The molecule has 1 rings (SSSR count). The van der Waals surface area contributed by atoms with Gasteiger partial charge in [0.2, 0.25) is 0 Å². The molecule has 1 atom stereocenters. The van der Waals surface area contributed by atoms with Gasteiger partial charge in [-0.15, -0.1) is 13.2 Å². The monoisotopic (exact) mass is 277 g/mol. The van der Waals surface area contributed by atoms with E-state index in [4.69, 9.17) is 5.11 Å². The van der Waals surface area contributed by atoms with E-state index in [1.807, 2.05) is 0 Å². The van der Waals surface area contributed by atoms with E-state index in [2.05, 4.69) is 10.1 Å². The molecule has 0 aromatic heterocycles. The fourth-order valence-electron chi connectivity index (χ4n) is 1.48. The van der Waals surface area contributed by atoms with E-state index in [1.165, 1.54) is 18.2 Å². The first kappa shape index (κ1) is 15.1. The number of aliphatic carboxylic acids is 1. The summed E-state index contributed by atoms with van der Waals surface area (Å²) >= 11 is 0. The molecule has 0 saturated carbocycles. The normalized spacial score (nSPS) is 12.8. The van der Waals surface area contributed by atoms with E-state index in [1.54, 1.807) is 13.0 Å². The van der Waals surface area contributed by atoms with Crippen molar-refractivity contribution in [3.05, 3.63) is 24.3 Å². The zero-order chi connectivity index (χ0) is 14.5. The Kier molecular flexibility index (Phi) is 5.02. The minimum absolute atomic E-state index is 0.00704. The molecule has 0 radical (unpaired) electrons. The number of carboxylic acid groups (broad SMARTS) is 1. The summed E-state index contributed by atoms with van der Waals surface area (Å²) in [6, 6.07) is 5.25. The number of ether oxygens (including phenoxy) is 1. The van der Waals surface area contributed by atoms with E-state index in [-0.39, 0.29) is 18.2 Å². The molecule has 7 heteroatoms. The molecular formula is C12H14F3NO3. The molecular weight excluding hydrogens is 263 g/mol. The van der Waals surface area contributed by atoms with Gasteiger partial charge in [0.25, 0.3) is 0 Å². The van der Waals surface area contributed by atoms with Crippen molar-refractivity contribution in [2.45, 2.75) is 32.2 Å². The number of nitrogens with one attached hydrogen (secondary N) is 1. The van der Waals surface area contributed by atoms with Crippen LogP contribution >= 0.6 is 0 Å². The molecule has 19 heavy (non-hydrogen) atoms.